The van der Waals surface area contributed by atoms with E-state index < -0.39 is 0 Å². The zero-order valence-electron chi connectivity index (χ0n) is 17.0. The molecule has 5 heteroatoms. The molecule has 0 saturated carbocycles. The lowest BCUT2D eigenvalue weighted by atomic mass is 10.0. The van der Waals surface area contributed by atoms with E-state index >= 15 is 0 Å². The van der Waals surface area contributed by atoms with E-state index in [-0.39, 0.29) is 18.6 Å². The lowest BCUT2D eigenvalue weighted by Gasteiger charge is -2.29. The summed E-state index contributed by atoms with van der Waals surface area (Å²) in [6.45, 7) is 9.31. The van der Waals surface area contributed by atoms with Crippen LogP contribution in [0.1, 0.15) is 35.1 Å². The first-order valence-corrected chi connectivity index (χ1v) is 10.4. The van der Waals surface area contributed by atoms with Gasteiger partial charge in [0.15, 0.2) is 6.61 Å². The highest BCUT2D eigenvalue weighted by Gasteiger charge is 2.23. The average molecular weight is 402 g/mol. The molecule has 3 rings (SSSR count). The van der Waals surface area contributed by atoms with Crippen LogP contribution in [0.3, 0.4) is 0 Å². The van der Waals surface area contributed by atoms with E-state index in [0.717, 1.165) is 54.4 Å². The predicted molar refractivity (Wildman–Crippen MR) is 113 cm³/mol. The number of amides is 1. The van der Waals surface area contributed by atoms with Gasteiger partial charge in [0, 0.05) is 29.5 Å². The number of rotatable bonds is 6. The summed E-state index contributed by atoms with van der Waals surface area (Å²) in [6, 6.07) is 12.5. The van der Waals surface area contributed by atoms with E-state index in [1.54, 1.807) is 4.90 Å². The summed E-state index contributed by atoms with van der Waals surface area (Å²) >= 11 is 5.95. The molecular formula is C23H30ClN2O2+. The second kappa shape index (κ2) is 9.44. The molecule has 2 aromatic carbocycles. The Kier molecular flexibility index (Phi) is 6.97. The van der Waals surface area contributed by atoms with E-state index in [1.165, 1.54) is 11.1 Å². The summed E-state index contributed by atoms with van der Waals surface area (Å²) in [7, 11) is 0. The molecule has 0 unspecified atom stereocenters. The van der Waals surface area contributed by atoms with Crippen LogP contribution in [0.4, 0.5) is 0 Å². The monoisotopic (exact) mass is 401 g/mol. The number of aryl methyl sites for hydroxylation is 3. The molecule has 0 radical (unpaired) electrons. The molecule has 0 atom stereocenters. The zero-order valence-corrected chi connectivity index (χ0v) is 17.7. The van der Waals surface area contributed by atoms with Crippen molar-refractivity contribution < 1.29 is 14.4 Å². The van der Waals surface area contributed by atoms with Crippen LogP contribution in [0, 0.1) is 20.8 Å². The lowest BCUT2D eigenvalue weighted by molar-refractivity contribution is -0.918. The van der Waals surface area contributed by atoms with Gasteiger partial charge in [-0.2, -0.15) is 0 Å². The quantitative estimate of drug-likeness (QED) is 0.781. The van der Waals surface area contributed by atoms with Gasteiger partial charge in [0.2, 0.25) is 0 Å². The summed E-state index contributed by atoms with van der Waals surface area (Å²) in [4.78, 5) is 13.9. The smallest absolute Gasteiger partial charge is 0.258 e. The number of carbonyl (C=O) groups is 1. The van der Waals surface area contributed by atoms with Gasteiger partial charge in [0.25, 0.3) is 5.91 Å². The molecule has 0 spiro atoms. The van der Waals surface area contributed by atoms with Crippen molar-refractivity contribution >= 4 is 17.5 Å². The fraction of sp³-hybridized carbons (Fsp3) is 0.435. The number of hydrogen-bond acceptors (Lipinski definition) is 2. The van der Waals surface area contributed by atoms with Gasteiger partial charge < -0.3 is 15.0 Å². The van der Waals surface area contributed by atoms with E-state index in [0.29, 0.717) is 0 Å². The molecule has 28 heavy (non-hydrogen) atoms. The van der Waals surface area contributed by atoms with Crippen molar-refractivity contribution in [3.8, 4) is 5.75 Å². The summed E-state index contributed by atoms with van der Waals surface area (Å²) in [6.07, 6.45) is 1.99. The van der Waals surface area contributed by atoms with E-state index in [9.17, 15) is 4.79 Å². The van der Waals surface area contributed by atoms with Gasteiger partial charge in [-0.3, -0.25) is 4.79 Å². The maximum atomic E-state index is 12.3. The molecule has 0 bridgehead atoms. The van der Waals surface area contributed by atoms with E-state index in [1.807, 2.05) is 26.0 Å². The summed E-state index contributed by atoms with van der Waals surface area (Å²) in [5.74, 6) is 0.786. The Labute approximate surface area is 172 Å². The van der Waals surface area contributed by atoms with Crippen molar-refractivity contribution in [3.05, 3.63) is 63.7 Å². The van der Waals surface area contributed by atoms with Crippen molar-refractivity contribution in [3.63, 3.8) is 0 Å². The number of likely N-dealkylation sites (tertiary alicyclic amines) is 1. The number of ether oxygens (including phenoxy) is 1. The largest absolute Gasteiger partial charge is 0.483 e. The SMILES string of the molecule is Cc1cc(C)c(OCC(=O)NC2CC[NH+](Cc3ccc(Cl)cc3)CC2)c(C)c1. The number of nitrogens with one attached hydrogen (secondary N) is 2. The first-order chi connectivity index (χ1) is 13.4. The van der Waals surface area contributed by atoms with Crippen LogP contribution in [0.2, 0.25) is 5.02 Å². The molecule has 1 amide bonds. The molecule has 2 N–H and O–H groups in total. The Balaban J connectivity index is 1.42. The Morgan fingerprint density at radius 2 is 1.71 bits per heavy atom. The standard InChI is InChI=1S/C23H29ClN2O2/c1-16-12-17(2)23(18(3)13-16)28-15-22(27)25-21-8-10-26(11-9-21)14-19-4-6-20(24)7-5-19/h4-7,12-13,21H,8-11,14-15H2,1-3H3,(H,25,27)/p+1. The highest BCUT2D eigenvalue weighted by Crippen LogP contribution is 2.24. The second-order valence-electron chi connectivity index (χ2n) is 7.91. The van der Waals surface area contributed by atoms with Crippen LogP contribution in [-0.4, -0.2) is 31.6 Å². The molecule has 150 valence electrons. The number of carbonyl (C=O) groups excluding carboxylic acids is 1. The van der Waals surface area contributed by atoms with Gasteiger partial charge in [-0.25, -0.2) is 0 Å². The Bertz CT molecular complexity index is 789. The fourth-order valence-corrected chi connectivity index (χ4v) is 4.17. The van der Waals surface area contributed by atoms with E-state index in [2.05, 4.69) is 36.5 Å². The fourth-order valence-electron chi connectivity index (χ4n) is 4.04. The third-order valence-corrected chi connectivity index (χ3v) is 5.63. The summed E-state index contributed by atoms with van der Waals surface area (Å²) < 4.78 is 5.81. The van der Waals surface area contributed by atoms with Crippen molar-refractivity contribution in [1.82, 2.24) is 5.32 Å². The van der Waals surface area contributed by atoms with E-state index in [4.69, 9.17) is 16.3 Å². The minimum absolute atomic E-state index is 0.0365. The predicted octanol–water partition coefficient (Wildman–Crippen LogP) is 3.01. The van der Waals surface area contributed by atoms with Gasteiger partial charge in [0.05, 0.1) is 13.1 Å². The van der Waals surface area contributed by atoms with Crippen LogP contribution < -0.4 is 15.0 Å². The van der Waals surface area contributed by atoms with Crippen molar-refractivity contribution in [2.24, 2.45) is 0 Å². The molecule has 1 aliphatic rings. The molecular weight excluding hydrogens is 372 g/mol. The number of quaternary nitrogens is 1. The van der Waals surface area contributed by atoms with Crippen LogP contribution in [0.15, 0.2) is 36.4 Å². The van der Waals surface area contributed by atoms with Crippen molar-refractivity contribution in [2.75, 3.05) is 19.7 Å². The summed E-state index contributed by atoms with van der Waals surface area (Å²) in [5.41, 5.74) is 4.66. The lowest BCUT2D eigenvalue weighted by Crippen LogP contribution is -3.12. The zero-order chi connectivity index (χ0) is 20.1. The van der Waals surface area contributed by atoms with Gasteiger partial charge in [0.1, 0.15) is 12.3 Å². The number of hydrogen-bond donors (Lipinski definition) is 2. The topological polar surface area (TPSA) is 42.8 Å². The molecule has 2 aromatic rings. The first-order valence-electron chi connectivity index (χ1n) is 9.98. The molecule has 4 nitrogen and oxygen atoms in total. The molecule has 0 aromatic heterocycles. The normalized spacial score (nSPS) is 19.3. The van der Waals surface area contributed by atoms with Crippen molar-refractivity contribution in [2.45, 2.75) is 46.2 Å². The minimum Gasteiger partial charge on any atom is -0.483 e. The molecule has 1 saturated heterocycles. The molecule has 1 aliphatic heterocycles. The van der Waals surface area contributed by atoms with Gasteiger partial charge in [-0.05, 0) is 44.0 Å². The third kappa shape index (κ3) is 5.73. The Morgan fingerprint density at radius 1 is 1.11 bits per heavy atom. The maximum absolute atomic E-state index is 12.3. The highest BCUT2D eigenvalue weighted by molar-refractivity contribution is 6.30. The van der Waals surface area contributed by atoms with Gasteiger partial charge in [-0.15, -0.1) is 0 Å². The minimum atomic E-state index is -0.0365. The van der Waals surface area contributed by atoms with Crippen LogP contribution >= 0.6 is 11.6 Å². The summed E-state index contributed by atoms with van der Waals surface area (Å²) in [5, 5.41) is 3.91. The number of benzene rings is 2. The van der Waals surface area contributed by atoms with Gasteiger partial charge in [-0.1, -0.05) is 41.4 Å². The Hall–Kier alpha value is -2.04. The third-order valence-electron chi connectivity index (χ3n) is 5.38. The van der Waals surface area contributed by atoms with Crippen molar-refractivity contribution in [1.29, 1.82) is 0 Å². The first kappa shape index (κ1) is 20.7. The average Bonchev–Trinajstić information content (AvgIpc) is 2.64. The molecule has 1 fully saturated rings. The van der Waals surface area contributed by atoms with Crippen LogP contribution in [0.25, 0.3) is 0 Å². The second-order valence-corrected chi connectivity index (χ2v) is 8.35. The number of halogens is 1. The van der Waals surface area contributed by atoms with Crippen LogP contribution in [-0.2, 0) is 11.3 Å². The highest BCUT2D eigenvalue weighted by atomic mass is 35.5. The van der Waals surface area contributed by atoms with Crippen LogP contribution in [0.5, 0.6) is 5.75 Å². The van der Waals surface area contributed by atoms with Gasteiger partial charge >= 0.3 is 0 Å². The molecule has 1 heterocycles. The Morgan fingerprint density at radius 3 is 2.32 bits per heavy atom. The maximum Gasteiger partial charge on any atom is 0.258 e. The molecule has 0 aliphatic carbocycles. The number of piperidine rings is 1.